The summed E-state index contributed by atoms with van der Waals surface area (Å²) in [6.07, 6.45) is -0.828. The summed E-state index contributed by atoms with van der Waals surface area (Å²) in [6.45, 7) is 4.11. The van der Waals surface area contributed by atoms with Gasteiger partial charge in [0, 0.05) is 13.0 Å². The van der Waals surface area contributed by atoms with Gasteiger partial charge in [-0.1, -0.05) is 13.8 Å². The number of rotatable bonds is 17. The van der Waals surface area contributed by atoms with Crippen LogP contribution in [0.4, 0.5) is 0 Å². The van der Waals surface area contributed by atoms with Crippen LogP contribution in [0.2, 0.25) is 0 Å². The lowest BCUT2D eigenvalue weighted by atomic mass is 10.0. The molecule has 0 aliphatic rings. The van der Waals surface area contributed by atoms with Gasteiger partial charge in [-0.25, -0.2) is 0 Å². The predicted molar refractivity (Wildman–Crippen MR) is 120 cm³/mol. The number of hydrogen-bond acceptors (Lipinski definition) is 8. The third-order valence-corrected chi connectivity index (χ3v) is 4.26. The summed E-state index contributed by atoms with van der Waals surface area (Å²) in [5.74, 6) is -4.69. The molecule has 0 saturated carbocycles. The van der Waals surface area contributed by atoms with E-state index in [0.29, 0.717) is 0 Å². The van der Waals surface area contributed by atoms with Crippen molar-refractivity contribution in [1.82, 2.24) is 26.6 Å². The van der Waals surface area contributed by atoms with E-state index in [4.69, 9.17) is 15.9 Å². The minimum atomic E-state index is -1.25. The molecule has 0 aliphatic carbocycles. The lowest BCUT2D eigenvalue weighted by Gasteiger charge is -2.24. The van der Waals surface area contributed by atoms with E-state index >= 15 is 0 Å². The molecule has 0 bridgehead atoms. The van der Waals surface area contributed by atoms with Gasteiger partial charge in [-0.05, 0) is 25.7 Å². The number of aliphatic hydroxyl groups excluding tert-OH is 1. The summed E-state index contributed by atoms with van der Waals surface area (Å²) in [5, 5.41) is 30.0. The van der Waals surface area contributed by atoms with E-state index in [1.807, 2.05) is 0 Å². The van der Waals surface area contributed by atoms with Crippen LogP contribution in [0.1, 0.15) is 40.0 Å². The largest absolute Gasteiger partial charge is 0.480 e. The van der Waals surface area contributed by atoms with Crippen LogP contribution in [-0.2, 0) is 28.8 Å². The number of aliphatic carboxylic acids is 1. The van der Waals surface area contributed by atoms with Crippen LogP contribution < -0.4 is 32.3 Å². The van der Waals surface area contributed by atoms with Crippen LogP contribution >= 0.6 is 0 Å². The van der Waals surface area contributed by atoms with Gasteiger partial charge in [0.25, 0.3) is 0 Å². The molecule has 0 aliphatic heterocycles. The standard InChI is InChI=1S/C20H36N6O8/c1-11(2)6-14(19(33)24-10-18(31)32)26-20(34)13(4-5-15(21)28)25-17(30)9-23-16(29)8-22-7-12(3)27/h11-14,22,27H,4-10H2,1-3H3,(H2,21,28)(H,23,29)(H,24,33)(H,25,30)(H,26,34)(H,31,32). The molecule has 9 N–H and O–H groups in total. The van der Waals surface area contributed by atoms with Gasteiger partial charge in [-0.2, -0.15) is 0 Å². The number of amides is 5. The first kappa shape index (κ1) is 30.7. The molecule has 3 unspecified atom stereocenters. The molecule has 3 atom stereocenters. The molecule has 0 radical (unpaired) electrons. The lowest BCUT2D eigenvalue weighted by molar-refractivity contribution is -0.138. The maximum Gasteiger partial charge on any atom is 0.322 e. The zero-order valence-electron chi connectivity index (χ0n) is 19.7. The molecular formula is C20H36N6O8. The number of primary amides is 1. The molecule has 5 amide bonds. The maximum atomic E-state index is 12.8. The van der Waals surface area contributed by atoms with Crippen LogP contribution in [0, 0.1) is 5.92 Å². The fourth-order valence-corrected chi connectivity index (χ4v) is 2.70. The molecule has 0 spiro atoms. The average Bonchev–Trinajstić information content (AvgIpc) is 2.72. The molecule has 0 aromatic carbocycles. The highest BCUT2D eigenvalue weighted by atomic mass is 16.4. The van der Waals surface area contributed by atoms with Gasteiger partial charge in [0.1, 0.15) is 18.6 Å². The predicted octanol–water partition coefficient (Wildman–Crippen LogP) is -3.44. The normalized spacial score (nSPS) is 13.3. The fraction of sp³-hybridized carbons (Fsp3) is 0.700. The fourth-order valence-electron chi connectivity index (χ4n) is 2.70. The minimum absolute atomic E-state index is 0.0304. The molecule has 34 heavy (non-hydrogen) atoms. The molecule has 194 valence electrons. The number of hydrogen-bond donors (Lipinski definition) is 8. The number of carbonyl (C=O) groups excluding carboxylic acids is 5. The van der Waals surface area contributed by atoms with Crippen LogP contribution in [0.15, 0.2) is 0 Å². The van der Waals surface area contributed by atoms with Crippen molar-refractivity contribution in [2.45, 2.75) is 58.2 Å². The Morgan fingerprint density at radius 2 is 1.47 bits per heavy atom. The van der Waals surface area contributed by atoms with E-state index in [1.165, 1.54) is 6.92 Å². The quantitative estimate of drug-likeness (QED) is 0.102. The highest BCUT2D eigenvalue weighted by Crippen LogP contribution is 2.07. The lowest BCUT2D eigenvalue weighted by Crippen LogP contribution is -2.55. The third-order valence-electron chi connectivity index (χ3n) is 4.26. The second kappa shape index (κ2) is 16.4. The molecule has 0 aromatic heterocycles. The number of aliphatic hydroxyl groups is 1. The van der Waals surface area contributed by atoms with E-state index in [0.717, 1.165) is 0 Å². The number of nitrogens with two attached hydrogens (primary N) is 1. The highest BCUT2D eigenvalue weighted by Gasteiger charge is 2.28. The summed E-state index contributed by atoms with van der Waals surface area (Å²) < 4.78 is 0. The summed E-state index contributed by atoms with van der Waals surface area (Å²) in [4.78, 5) is 70.9. The Balaban J connectivity index is 5.07. The number of carbonyl (C=O) groups is 6. The number of nitrogens with one attached hydrogen (secondary N) is 5. The van der Waals surface area contributed by atoms with Crippen molar-refractivity contribution in [1.29, 1.82) is 0 Å². The molecule has 14 nitrogen and oxygen atoms in total. The van der Waals surface area contributed by atoms with Crippen LogP contribution in [-0.4, -0.2) is 90.1 Å². The van der Waals surface area contributed by atoms with E-state index < -0.39 is 66.8 Å². The Morgan fingerprint density at radius 1 is 0.824 bits per heavy atom. The zero-order valence-corrected chi connectivity index (χ0v) is 19.7. The first-order valence-corrected chi connectivity index (χ1v) is 10.8. The van der Waals surface area contributed by atoms with Crippen LogP contribution in [0.5, 0.6) is 0 Å². The van der Waals surface area contributed by atoms with Crippen molar-refractivity contribution in [2.24, 2.45) is 11.7 Å². The van der Waals surface area contributed by atoms with Gasteiger partial charge >= 0.3 is 5.97 Å². The molecule has 0 fully saturated rings. The zero-order chi connectivity index (χ0) is 26.3. The molecule has 0 saturated heterocycles. The molecule has 0 heterocycles. The first-order chi connectivity index (χ1) is 15.8. The average molecular weight is 489 g/mol. The van der Waals surface area contributed by atoms with Crippen molar-refractivity contribution < 1.29 is 39.0 Å². The minimum Gasteiger partial charge on any atom is -0.480 e. The first-order valence-electron chi connectivity index (χ1n) is 10.8. The SMILES string of the molecule is CC(C)CC(NC(=O)C(CCC(N)=O)NC(=O)CNC(=O)CNCC(C)O)C(=O)NCC(=O)O. The number of carboxylic acid groups (broad SMARTS) is 1. The summed E-state index contributed by atoms with van der Waals surface area (Å²) in [7, 11) is 0. The Labute approximate surface area is 197 Å². The van der Waals surface area contributed by atoms with E-state index in [-0.39, 0.29) is 38.3 Å². The summed E-state index contributed by atoms with van der Waals surface area (Å²) >= 11 is 0. The van der Waals surface area contributed by atoms with Gasteiger partial charge in [0.2, 0.25) is 29.5 Å². The number of carboxylic acids is 1. The van der Waals surface area contributed by atoms with Crippen LogP contribution in [0.25, 0.3) is 0 Å². The van der Waals surface area contributed by atoms with Gasteiger partial charge in [-0.15, -0.1) is 0 Å². The van der Waals surface area contributed by atoms with Gasteiger partial charge < -0.3 is 42.5 Å². The molecule has 0 rings (SSSR count). The molecule has 14 heteroatoms. The van der Waals surface area contributed by atoms with E-state index in [9.17, 15) is 28.8 Å². The Morgan fingerprint density at radius 3 is 2.00 bits per heavy atom. The second-order valence-electron chi connectivity index (χ2n) is 8.18. The molecule has 0 aromatic rings. The van der Waals surface area contributed by atoms with Crippen molar-refractivity contribution in [2.75, 3.05) is 26.2 Å². The van der Waals surface area contributed by atoms with Gasteiger partial charge in [-0.3, -0.25) is 28.8 Å². The smallest absolute Gasteiger partial charge is 0.322 e. The summed E-state index contributed by atoms with van der Waals surface area (Å²) in [6, 6.07) is -2.30. The highest BCUT2D eigenvalue weighted by molar-refractivity contribution is 5.94. The summed E-state index contributed by atoms with van der Waals surface area (Å²) in [5.41, 5.74) is 5.14. The molecular weight excluding hydrogens is 452 g/mol. The van der Waals surface area contributed by atoms with Crippen molar-refractivity contribution >= 4 is 35.5 Å². The van der Waals surface area contributed by atoms with Gasteiger partial charge in [0.15, 0.2) is 0 Å². The van der Waals surface area contributed by atoms with Crippen molar-refractivity contribution in [3.8, 4) is 0 Å². The van der Waals surface area contributed by atoms with Gasteiger partial charge in [0.05, 0.1) is 19.2 Å². The van der Waals surface area contributed by atoms with E-state index in [2.05, 4.69) is 26.6 Å². The maximum absolute atomic E-state index is 12.8. The van der Waals surface area contributed by atoms with E-state index in [1.54, 1.807) is 13.8 Å². The topological polar surface area (TPSA) is 229 Å². The third kappa shape index (κ3) is 15.5. The van der Waals surface area contributed by atoms with Crippen molar-refractivity contribution in [3.05, 3.63) is 0 Å². The second-order valence-corrected chi connectivity index (χ2v) is 8.18. The van der Waals surface area contributed by atoms with Crippen LogP contribution in [0.3, 0.4) is 0 Å². The Bertz CT molecular complexity index is 728. The monoisotopic (exact) mass is 488 g/mol. The Hall–Kier alpha value is -3.26. The Kier molecular flexibility index (Phi) is 14.8. The van der Waals surface area contributed by atoms with Crippen molar-refractivity contribution in [3.63, 3.8) is 0 Å².